The van der Waals surface area contributed by atoms with E-state index in [0.717, 1.165) is 16.8 Å². The predicted molar refractivity (Wildman–Crippen MR) is 81.8 cm³/mol. The first-order chi connectivity index (χ1) is 9.74. The van der Waals surface area contributed by atoms with Crippen LogP contribution in [0.2, 0.25) is 0 Å². The lowest BCUT2D eigenvalue weighted by atomic mass is 10.0. The molecule has 0 bridgehead atoms. The Bertz CT molecular complexity index is 537. The number of rotatable bonds is 6. The van der Waals surface area contributed by atoms with E-state index in [0.29, 0.717) is 6.61 Å². The van der Waals surface area contributed by atoms with Crippen LogP contribution in [-0.4, -0.2) is 18.8 Å². The molecule has 0 aliphatic rings. The van der Waals surface area contributed by atoms with Gasteiger partial charge in [-0.1, -0.05) is 42.5 Å². The summed E-state index contributed by atoms with van der Waals surface area (Å²) < 4.78 is 5.10. The molecular weight excluding hydrogens is 250 g/mol. The van der Waals surface area contributed by atoms with Crippen LogP contribution in [0.1, 0.15) is 22.7 Å². The molecule has 0 saturated heterocycles. The standard InChI is InChI=1S/C17H21NO2/c1-13-5-3-4-6-16(13)18-17(11-19)15-9-7-14(8-10-15)12-20-2/h3-10,17-19H,11-12H2,1-2H3. The first kappa shape index (κ1) is 14.6. The Labute approximate surface area is 120 Å². The number of ether oxygens (including phenoxy) is 1. The number of para-hydroxylation sites is 1. The molecule has 0 spiro atoms. The number of benzene rings is 2. The maximum Gasteiger partial charge on any atom is 0.0745 e. The Morgan fingerprint density at radius 3 is 2.40 bits per heavy atom. The number of hydrogen-bond acceptors (Lipinski definition) is 3. The van der Waals surface area contributed by atoms with E-state index in [1.54, 1.807) is 7.11 Å². The number of hydrogen-bond donors (Lipinski definition) is 2. The van der Waals surface area contributed by atoms with Crippen LogP contribution in [0.15, 0.2) is 48.5 Å². The van der Waals surface area contributed by atoms with Crippen molar-refractivity contribution in [1.29, 1.82) is 0 Å². The monoisotopic (exact) mass is 271 g/mol. The topological polar surface area (TPSA) is 41.5 Å². The van der Waals surface area contributed by atoms with Crippen LogP contribution in [0, 0.1) is 6.92 Å². The first-order valence-corrected chi connectivity index (χ1v) is 6.75. The van der Waals surface area contributed by atoms with Gasteiger partial charge in [-0.25, -0.2) is 0 Å². The van der Waals surface area contributed by atoms with Crippen molar-refractivity contribution in [3.05, 3.63) is 65.2 Å². The minimum Gasteiger partial charge on any atom is -0.394 e. The Hall–Kier alpha value is -1.84. The quantitative estimate of drug-likeness (QED) is 0.847. The van der Waals surface area contributed by atoms with E-state index in [2.05, 4.69) is 18.3 Å². The third-order valence-corrected chi connectivity index (χ3v) is 3.35. The molecule has 0 saturated carbocycles. The minimum atomic E-state index is -0.104. The van der Waals surface area contributed by atoms with Gasteiger partial charge in [-0.15, -0.1) is 0 Å². The van der Waals surface area contributed by atoms with Gasteiger partial charge in [-0.2, -0.15) is 0 Å². The molecule has 2 rings (SSSR count). The number of aliphatic hydroxyl groups excluding tert-OH is 1. The van der Waals surface area contributed by atoms with Gasteiger partial charge in [0, 0.05) is 12.8 Å². The van der Waals surface area contributed by atoms with Gasteiger partial charge in [0.1, 0.15) is 0 Å². The van der Waals surface area contributed by atoms with Crippen LogP contribution in [0.4, 0.5) is 5.69 Å². The molecule has 0 radical (unpaired) electrons. The fourth-order valence-corrected chi connectivity index (χ4v) is 2.17. The summed E-state index contributed by atoms with van der Waals surface area (Å²) >= 11 is 0. The largest absolute Gasteiger partial charge is 0.394 e. The highest BCUT2D eigenvalue weighted by atomic mass is 16.5. The number of aliphatic hydroxyl groups is 1. The minimum absolute atomic E-state index is 0.0535. The zero-order chi connectivity index (χ0) is 14.4. The molecule has 3 nitrogen and oxygen atoms in total. The third kappa shape index (κ3) is 3.59. The van der Waals surface area contributed by atoms with Crippen LogP contribution in [0.5, 0.6) is 0 Å². The van der Waals surface area contributed by atoms with Crippen molar-refractivity contribution in [3.8, 4) is 0 Å². The van der Waals surface area contributed by atoms with Crippen molar-refractivity contribution in [2.75, 3.05) is 19.0 Å². The molecule has 0 aromatic heterocycles. The maximum absolute atomic E-state index is 9.62. The molecule has 0 amide bonds. The second-order valence-corrected chi connectivity index (χ2v) is 4.87. The summed E-state index contributed by atoms with van der Waals surface area (Å²) in [6, 6.07) is 16.1. The molecule has 2 N–H and O–H groups in total. The summed E-state index contributed by atoms with van der Waals surface area (Å²) in [6.45, 7) is 2.71. The van der Waals surface area contributed by atoms with E-state index in [1.165, 1.54) is 5.56 Å². The van der Waals surface area contributed by atoms with Gasteiger partial charge in [0.25, 0.3) is 0 Å². The highest BCUT2D eigenvalue weighted by molar-refractivity contribution is 5.52. The van der Waals surface area contributed by atoms with E-state index in [1.807, 2.05) is 42.5 Å². The molecule has 1 atom stereocenters. The lowest BCUT2D eigenvalue weighted by Gasteiger charge is -2.19. The highest BCUT2D eigenvalue weighted by Gasteiger charge is 2.11. The third-order valence-electron chi connectivity index (χ3n) is 3.35. The average molecular weight is 271 g/mol. The lowest BCUT2D eigenvalue weighted by Crippen LogP contribution is -2.15. The summed E-state index contributed by atoms with van der Waals surface area (Å²) in [6.07, 6.45) is 0. The Balaban J connectivity index is 2.13. The van der Waals surface area contributed by atoms with Gasteiger partial charge in [-0.3, -0.25) is 0 Å². The SMILES string of the molecule is COCc1ccc(C(CO)Nc2ccccc2C)cc1. The van der Waals surface area contributed by atoms with Gasteiger partial charge in [0.05, 0.1) is 19.3 Å². The number of anilines is 1. The molecule has 0 heterocycles. The van der Waals surface area contributed by atoms with Crippen molar-refractivity contribution in [2.45, 2.75) is 19.6 Å². The van der Waals surface area contributed by atoms with Gasteiger partial charge >= 0.3 is 0 Å². The molecule has 0 fully saturated rings. The van der Waals surface area contributed by atoms with Crippen molar-refractivity contribution in [3.63, 3.8) is 0 Å². The van der Waals surface area contributed by atoms with E-state index < -0.39 is 0 Å². The number of methoxy groups -OCH3 is 1. The normalized spacial score (nSPS) is 12.2. The van der Waals surface area contributed by atoms with Gasteiger partial charge in [-0.05, 0) is 29.7 Å². The van der Waals surface area contributed by atoms with E-state index >= 15 is 0 Å². The second kappa shape index (κ2) is 7.08. The molecule has 0 aliphatic heterocycles. The van der Waals surface area contributed by atoms with Crippen molar-refractivity contribution in [1.82, 2.24) is 0 Å². The second-order valence-electron chi connectivity index (χ2n) is 4.87. The van der Waals surface area contributed by atoms with Crippen LogP contribution < -0.4 is 5.32 Å². The summed E-state index contributed by atoms with van der Waals surface area (Å²) in [7, 11) is 1.68. The van der Waals surface area contributed by atoms with Crippen LogP contribution >= 0.6 is 0 Å². The first-order valence-electron chi connectivity index (χ1n) is 6.75. The van der Waals surface area contributed by atoms with Gasteiger partial charge < -0.3 is 15.2 Å². The fourth-order valence-electron chi connectivity index (χ4n) is 2.17. The Morgan fingerprint density at radius 2 is 1.80 bits per heavy atom. The van der Waals surface area contributed by atoms with Crippen molar-refractivity contribution >= 4 is 5.69 Å². The smallest absolute Gasteiger partial charge is 0.0745 e. The van der Waals surface area contributed by atoms with Gasteiger partial charge in [0.15, 0.2) is 0 Å². The van der Waals surface area contributed by atoms with E-state index in [-0.39, 0.29) is 12.6 Å². The number of aryl methyl sites for hydroxylation is 1. The van der Waals surface area contributed by atoms with Gasteiger partial charge in [0.2, 0.25) is 0 Å². The van der Waals surface area contributed by atoms with E-state index in [9.17, 15) is 5.11 Å². The van der Waals surface area contributed by atoms with Crippen LogP contribution in [0.3, 0.4) is 0 Å². The summed E-state index contributed by atoms with van der Waals surface area (Å²) in [4.78, 5) is 0. The maximum atomic E-state index is 9.62. The summed E-state index contributed by atoms with van der Waals surface area (Å²) in [5.74, 6) is 0. The Kier molecular flexibility index (Phi) is 5.16. The van der Waals surface area contributed by atoms with Crippen LogP contribution in [-0.2, 0) is 11.3 Å². The zero-order valence-corrected chi connectivity index (χ0v) is 12.0. The number of nitrogens with one attached hydrogen (secondary N) is 1. The molecular formula is C17H21NO2. The molecule has 2 aromatic rings. The summed E-state index contributed by atoms with van der Waals surface area (Å²) in [5.41, 5.74) is 4.41. The Morgan fingerprint density at radius 1 is 1.10 bits per heavy atom. The van der Waals surface area contributed by atoms with Crippen molar-refractivity contribution < 1.29 is 9.84 Å². The molecule has 2 aromatic carbocycles. The van der Waals surface area contributed by atoms with Crippen LogP contribution in [0.25, 0.3) is 0 Å². The molecule has 106 valence electrons. The lowest BCUT2D eigenvalue weighted by molar-refractivity contribution is 0.185. The predicted octanol–water partition coefficient (Wildman–Crippen LogP) is 3.29. The molecule has 3 heteroatoms. The summed E-state index contributed by atoms with van der Waals surface area (Å²) in [5, 5.41) is 13.0. The van der Waals surface area contributed by atoms with Crippen molar-refractivity contribution in [2.24, 2.45) is 0 Å². The molecule has 1 unspecified atom stereocenters. The average Bonchev–Trinajstić information content (AvgIpc) is 2.48. The van der Waals surface area contributed by atoms with E-state index in [4.69, 9.17) is 4.74 Å². The zero-order valence-electron chi connectivity index (χ0n) is 12.0. The highest BCUT2D eigenvalue weighted by Crippen LogP contribution is 2.22. The molecule has 20 heavy (non-hydrogen) atoms. The molecule has 0 aliphatic carbocycles. The fraction of sp³-hybridized carbons (Fsp3) is 0.294.